The molecule has 0 aromatic heterocycles. The lowest BCUT2D eigenvalue weighted by atomic mass is 10.0. The SMILES string of the molecule is CC(C)CN(C[C@H](O)[C@H](Cc1ccccc1)NC(=O)O)S(=O)(=O)c1ccc(O)c([N+](=O)[O-])c1. The molecule has 0 unspecified atom stereocenters. The number of carboxylic acid groups (broad SMARTS) is 1. The van der Waals surface area contributed by atoms with E-state index >= 15 is 0 Å². The lowest BCUT2D eigenvalue weighted by molar-refractivity contribution is -0.386. The molecule has 0 aliphatic carbocycles. The number of nitrogens with one attached hydrogen (secondary N) is 1. The van der Waals surface area contributed by atoms with Gasteiger partial charge in [-0.1, -0.05) is 44.2 Å². The number of phenolic OH excluding ortho intramolecular Hbond substituents is 1. The zero-order chi connectivity index (χ0) is 24.8. The summed E-state index contributed by atoms with van der Waals surface area (Å²) in [5.41, 5.74) is -0.0293. The Morgan fingerprint density at radius 3 is 2.33 bits per heavy atom. The van der Waals surface area contributed by atoms with Crippen LogP contribution in [0.4, 0.5) is 10.5 Å². The number of amides is 1. The van der Waals surface area contributed by atoms with E-state index in [-0.39, 0.29) is 18.9 Å². The van der Waals surface area contributed by atoms with E-state index < -0.39 is 56.1 Å². The van der Waals surface area contributed by atoms with Crippen molar-refractivity contribution in [1.29, 1.82) is 0 Å². The highest BCUT2D eigenvalue weighted by Crippen LogP contribution is 2.30. The average molecular weight is 482 g/mol. The summed E-state index contributed by atoms with van der Waals surface area (Å²) in [6.45, 7) is 3.03. The lowest BCUT2D eigenvalue weighted by Crippen LogP contribution is -2.50. The molecule has 1 amide bonds. The Bertz CT molecular complexity index is 1080. The van der Waals surface area contributed by atoms with Crippen molar-refractivity contribution < 1.29 is 33.5 Å². The summed E-state index contributed by atoms with van der Waals surface area (Å²) in [5.74, 6) is -0.845. The molecule has 2 aromatic carbocycles. The van der Waals surface area contributed by atoms with Gasteiger partial charge >= 0.3 is 11.8 Å². The highest BCUT2D eigenvalue weighted by Gasteiger charge is 2.32. The highest BCUT2D eigenvalue weighted by molar-refractivity contribution is 7.89. The molecule has 2 aromatic rings. The van der Waals surface area contributed by atoms with Crippen LogP contribution in [0.2, 0.25) is 0 Å². The molecule has 4 N–H and O–H groups in total. The topological polar surface area (TPSA) is 170 Å². The predicted molar refractivity (Wildman–Crippen MR) is 119 cm³/mol. The third-order valence-electron chi connectivity index (χ3n) is 4.81. The molecule has 0 radical (unpaired) electrons. The fourth-order valence-corrected chi connectivity index (χ4v) is 4.92. The van der Waals surface area contributed by atoms with Crippen LogP contribution < -0.4 is 5.32 Å². The molecular formula is C21H27N3O8S. The number of aliphatic hydroxyl groups is 1. The summed E-state index contributed by atoms with van der Waals surface area (Å²) in [6.07, 6.45) is -2.67. The molecule has 0 heterocycles. The van der Waals surface area contributed by atoms with Gasteiger partial charge < -0.3 is 20.6 Å². The van der Waals surface area contributed by atoms with E-state index in [0.717, 1.165) is 28.1 Å². The minimum absolute atomic E-state index is 0.0286. The normalized spacial score (nSPS) is 13.6. The molecule has 0 saturated carbocycles. The van der Waals surface area contributed by atoms with Gasteiger partial charge in [0.05, 0.1) is 22.0 Å². The number of nitro benzene ring substituents is 1. The lowest BCUT2D eigenvalue weighted by Gasteiger charge is -2.30. The Hall–Kier alpha value is -3.22. The first kappa shape index (κ1) is 26.0. The first-order valence-corrected chi connectivity index (χ1v) is 11.5. The number of carbonyl (C=O) groups is 1. The molecule has 33 heavy (non-hydrogen) atoms. The van der Waals surface area contributed by atoms with Crippen molar-refractivity contribution in [2.75, 3.05) is 13.1 Å². The molecule has 180 valence electrons. The summed E-state index contributed by atoms with van der Waals surface area (Å²) in [7, 11) is -4.32. The second-order valence-corrected chi connectivity index (χ2v) is 9.87. The number of sulfonamides is 1. The van der Waals surface area contributed by atoms with Gasteiger partial charge in [-0.05, 0) is 30.0 Å². The average Bonchev–Trinajstić information content (AvgIpc) is 2.72. The van der Waals surface area contributed by atoms with Crippen LogP contribution >= 0.6 is 0 Å². The molecule has 2 rings (SSSR count). The zero-order valence-corrected chi connectivity index (χ0v) is 19.0. The number of hydrogen-bond acceptors (Lipinski definition) is 7. The van der Waals surface area contributed by atoms with E-state index in [9.17, 15) is 38.6 Å². The maximum absolute atomic E-state index is 13.3. The third kappa shape index (κ3) is 7.14. The van der Waals surface area contributed by atoms with Gasteiger partial charge in [-0.2, -0.15) is 4.31 Å². The van der Waals surface area contributed by atoms with E-state index in [2.05, 4.69) is 5.32 Å². The van der Waals surface area contributed by atoms with Gasteiger partial charge in [0, 0.05) is 19.2 Å². The van der Waals surface area contributed by atoms with Crippen LogP contribution in [0.3, 0.4) is 0 Å². The van der Waals surface area contributed by atoms with E-state index in [4.69, 9.17) is 0 Å². The monoisotopic (exact) mass is 481 g/mol. The van der Waals surface area contributed by atoms with Crippen molar-refractivity contribution in [1.82, 2.24) is 9.62 Å². The Labute approximate surface area is 191 Å². The second kappa shape index (κ2) is 11.1. The van der Waals surface area contributed by atoms with Crippen LogP contribution in [0.25, 0.3) is 0 Å². The van der Waals surface area contributed by atoms with Crippen molar-refractivity contribution in [3.05, 3.63) is 64.2 Å². The Morgan fingerprint density at radius 1 is 1.15 bits per heavy atom. The molecule has 2 atom stereocenters. The summed E-state index contributed by atoms with van der Waals surface area (Å²) >= 11 is 0. The van der Waals surface area contributed by atoms with Gasteiger partial charge in [-0.3, -0.25) is 10.1 Å². The standard InChI is InChI=1S/C21H27N3O8S/c1-14(2)12-23(33(31,32)16-8-9-19(25)18(11-16)24(29)30)13-20(26)17(22-21(27)28)10-15-6-4-3-5-7-15/h3-9,11,14,17,20,22,25-26H,10,12-13H2,1-2H3,(H,27,28)/t17-,20-/m0/s1. The van der Waals surface area contributed by atoms with Gasteiger partial charge in [0.15, 0.2) is 5.75 Å². The van der Waals surface area contributed by atoms with Gasteiger partial charge in [0.2, 0.25) is 10.0 Å². The Kier molecular flexibility index (Phi) is 8.74. The quantitative estimate of drug-likeness (QED) is 0.279. The van der Waals surface area contributed by atoms with Crippen LogP contribution in [-0.4, -0.2) is 64.3 Å². The molecule has 0 spiro atoms. The predicted octanol–water partition coefficient (Wildman–Crippen LogP) is 2.19. The van der Waals surface area contributed by atoms with Gasteiger partial charge in [-0.25, -0.2) is 13.2 Å². The van der Waals surface area contributed by atoms with E-state index in [1.165, 1.54) is 0 Å². The number of aliphatic hydroxyl groups excluding tert-OH is 1. The van der Waals surface area contributed by atoms with Crippen LogP contribution in [0.5, 0.6) is 5.75 Å². The minimum atomic E-state index is -4.32. The molecule has 0 aliphatic heterocycles. The second-order valence-electron chi connectivity index (χ2n) is 7.94. The van der Waals surface area contributed by atoms with Gasteiger partial charge in [0.25, 0.3) is 0 Å². The Balaban J connectivity index is 2.37. The number of aromatic hydroxyl groups is 1. The summed E-state index contributed by atoms with van der Waals surface area (Å²) < 4.78 is 27.5. The van der Waals surface area contributed by atoms with Crippen molar-refractivity contribution in [3.63, 3.8) is 0 Å². The fraction of sp³-hybridized carbons (Fsp3) is 0.381. The van der Waals surface area contributed by atoms with E-state index in [1.807, 2.05) is 0 Å². The van der Waals surface area contributed by atoms with Crippen LogP contribution in [0.15, 0.2) is 53.4 Å². The fourth-order valence-electron chi connectivity index (χ4n) is 3.28. The number of hydrogen-bond donors (Lipinski definition) is 4. The molecule has 0 aliphatic rings. The smallest absolute Gasteiger partial charge is 0.404 e. The minimum Gasteiger partial charge on any atom is -0.502 e. The molecule has 12 heteroatoms. The zero-order valence-electron chi connectivity index (χ0n) is 18.2. The number of benzene rings is 2. The van der Waals surface area contributed by atoms with Gasteiger partial charge in [0.1, 0.15) is 0 Å². The highest BCUT2D eigenvalue weighted by atomic mass is 32.2. The first-order valence-electron chi connectivity index (χ1n) is 10.1. The van der Waals surface area contributed by atoms with Crippen LogP contribution in [0, 0.1) is 16.0 Å². The molecular weight excluding hydrogens is 454 g/mol. The number of rotatable bonds is 11. The number of nitro groups is 1. The summed E-state index contributed by atoms with van der Waals surface area (Å²) in [6, 6.07) is 10.5. The maximum atomic E-state index is 13.3. The molecule has 0 bridgehead atoms. The number of phenols is 1. The van der Waals surface area contributed by atoms with Crippen molar-refractivity contribution in [2.24, 2.45) is 5.92 Å². The van der Waals surface area contributed by atoms with Crippen molar-refractivity contribution >= 4 is 21.8 Å². The van der Waals surface area contributed by atoms with E-state index in [1.54, 1.807) is 44.2 Å². The maximum Gasteiger partial charge on any atom is 0.404 e. The molecule has 0 saturated heterocycles. The first-order chi connectivity index (χ1) is 15.4. The van der Waals surface area contributed by atoms with Crippen LogP contribution in [0.1, 0.15) is 19.4 Å². The molecule has 11 nitrogen and oxygen atoms in total. The van der Waals surface area contributed by atoms with Crippen LogP contribution in [-0.2, 0) is 16.4 Å². The summed E-state index contributed by atoms with van der Waals surface area (Å²) in [5, 5.41) is 43.0. The third-order valence-corrected chi connectivity index (χ3v) is 6.64. The Morgan fingerprint density at radius 2 is 1.79 bits per heavy atom. The van der Waals surface area contributed by atoms with E-state index in [0.29, 0.717) is 0 Å². The van der Waals surface area contributed by atoms with Crippen molar-refractivity contribution in [2.45, 2.75) is 37.3 Å². The summed E-state index contributed by atoms with van der Waals surface area (Å²) in [4.78, 5) is 21.1. The number of nitrogens with zero attached hydrogens (tertiary/aromatic N) is 2. The van der Waals surface area contributed by atoms with Gasteiger partial charge in [-0.15, -0.1) is 0 Å². The molecule has 0 fully saturated rings. The largest absolute Gasteiger partial charge is 0.502 e. The van der Waals surface area contributed by atoms with Crippen molar-refractivity contribution in [3.8, 4) is 5.75 Å².